The molecule has 7 heteroatoms. The SMILES string of the molecule is COc1ccccc1OC(C)C(=O)N(Cc1ccco1)Cc1ccc(N2CCCCC2)o1. The number of hydrogen-bond acceptors (Lipinski definition) is 6. The third kappa shape index (κ3) is 5.28. The Morgan fingerprint density at radius 3 is 2.47 bits per heavy atom. The first-order valence-corrected chi connectivity index (χ1v) is 11.1. The Balaban J connectivity index is 1.48. The van der Waals surface area contributed by atoms with E-state index in [2.05, 4.69) is 4.90 Å². The first-order valence-electron chi connectivity index (χ1n) is 11.1. The van der Waals surface area contributed by atoms with Crippen LogP contribution in [0.5, 0.6) is 11.5 Å². The van der Waals surface area contributed by atoms with E-state index in [0.717, 1.165) is 24.7 Å². The lowest BCUT2D eigenvalue weighted by Crippen LogP contribution is -2.39. The molecule has 0 spiro atoms. The number of para-hydroxylation sites is 2. The minimum atomic E-state index is -0.710. The van der Waals surface area contributed by atoms with E-state index in [4.69, 9.17) is 18.3 Å². The molecular formula is C25H30N2O5. The van der Waals surface area contributed by atoms with Gasteiger partial charge in [0.15, 0.2) is 23.5 Å². The minimum Gasteiger partial charge on any atom is -0.493 e. The minimum absolute atomic E-state index is 0.164. The van der Waals surface area contributed by atoms with Gasteiger partial charge in [0, 0.05) is 19.2 Å². The van der Waals surface area contributed by atoms with Gasteiger partial charge in [-0.3, -0.25) is 4.79 Å². The fraction of sp³-hybridized carbons (Fsp3) is 0.400. The summed E-state index contributed by atoms with van der Waals surface area (Å²) in [6.07, 6.45) is 4.51. The van der Waals surface area contributed by atoms with Crippen molar-refractivity contribution in [3.8, 4) is 11.5 Å². The molecule has 1 aliphatic heterocycles. The molecule has 1 fully saturated rings. The van der Waals surface area contributed by atoms with Crippen molar-refractivity contribution in [1.29, 1.82) is 0 Å². The van der Waals surface area contributed by atoms with Gasteiger partial charge in [0.2, 0.25) is 0 Å². The van der Waals surface area contributed by atoms with Crippen LogP contribution in [0.2, 0.25) is 0 Å². The molecule has 7 nitrogen and oxygen atoms in total. The number of piperidine rings is 1. The largest absolute Gasteiger partial charge is 0.493 e. The number of carbonyl (C=O) groups is 1. The summed E-state index contributed by atoms with van der Waals surface area (Å²) in [6, 6.07) is 14.9. The van der Waals surface area contributed by atoms with E-state index in [-0.39, 0.29) is 5.91 Å². The highest BCUT2D eigenvalue weighted by Crippen LogP contribution is 2.28. The molecule has 1 aromatic carbocycles. The fourth-order valence-corrected chi connectivity index (χ4v) is 3.94. The molecule has 0 bridgehead atoms. The highest BCUT2D eigenvalue weighted by Gasteiger charge is 2.26. The van der Waals surface area contributed by atoms with Crippen LogP contribution in [-0.4, -0.2) is 37.1 Å². The third-order valence-corrected chi connectivity index (χ3v) is 5.62. The molecule has 32 heavy (non-hydrogen) atoms. The highest BCUT2D eigenvalue weighted by molar-refractivity contribution is 5.81. The predicted octanol–water partition coefficient (Wildman–Crippen LogP) is 4.87. The monoisotopic (exact) mass is 438 g/mol. The Morgan fingerprint density at radius 2 is 1.75 bits per heavy atom. The van der Waals surface area contributed by atoms with Crippen molar-refractivity contribution in [1.82, 2.24) is 4.90 Å². The lowest BCUT2D eigenvalue weighted by molar-refractivity contribution is -0.139. The van der Waals surface area contributed by atoms with Crippen LogP contribution in [-0.2, 0) is 17.9 Å². The normalized spacial score (nSPS) is 14.8. The van der Waals surface area contributed by atoms with Crippen LogP contribution in [0.15, 0.2) is 63.6 Å². The van der Waals surface area contributed by atoms with E-state index < -0.39 is 6.10 Å². The van der Waals surface area contributed by atoms with Crippen LogP contribution in [0.4, 0.5) is 5.88 Å². The molecule has 2 aromatic heterocycles. The molecule has 3 heterocycles. The number of nitrogens with zero attached hydrogens (tertiary/aromatic N) is 2. The number of anilines is 1. The van der Waals surface area contributed by atoms with Gasteiger partial charge >= 0.3 is 0 Å². The topological polar surface area (TPSA) is 68.3 Å². The second kappa shape index (κ2) is 10.3. The molecular weight excluding hydrogens is 408 g/mol. The van der Waals surface area contributed by atoms with E-state index in [0.29, 0.717) is 30.3 Å². The van der Waals surface area contributed by atoms with Crippen LogP contribution in [0.25, 0.3) is 0 Å². The lowest BCUT2D eigenvalue weighted by atomic mass is 10.1. The van der Waals surface area contributed by atoms with Gasteiger partial charge < -0.3 is 28.1 Å². The first-order chi connectivity index (χ1) is 15.6. The summed E-state index contributed by atoms with van der Waals surface area (Å²) >= 11 is 0. The van der Waals surface area contributed by atoms with E-state index >= 15 is 0 Å². The number of amides is 1. The summed E-state index contributed by atoms with van der Waals surface area (Å²) in [5.41, 5.74) is 0. The summed E-state index contributed by atoms with van der Waals surface area (Å²) in [6.45, 7) is 4.40. The molecule has 4 rings (SSSR count). The van der Waals surface area contributed by atoms with Gasteiger partial charge in [-0.05, 0) is 56.5 Å². The Morgan fingerprint density at radius 1 is 1.00 bits per heavy atom. The highest BCUT2D eigenvalue weighted by atomic mass is 16.5. The first kappa shape index (κ1) is 21.9. The Hall–Kier alpha value is -3.35. The Kier molecular flexibility index (Phi) is 7.04. The number of benzene rings is 1. The summed E-state index contributed by atoms with van der Waals surface area (Å²) in [5.74, 6) is 3.24. The maximum Gasteiger partial charge on any atom is 0.264 e. The summed E-state index contributed by atoms with van der Waals surface area (Å²) < 4.78 is 22.9. The van der Waals surface area contributed by atoms with Crippen molar-refractivity contribution < 1.29 is 23.1 Å². The standard InChI is InChI=1S/C25H30N2O5/c1-19(31-23-11-5-4-10-22(23)29-2)25(28)27(17-20-9-8-16-30-20)18-21-12-13-24(32-21)26-14-6-3-7-15-26/h4-5,8-13,16,19H,3,6-7,14-15,17-18H2,1-2H3. The average Bonchev–Trinajstić information content (AvgIpc) is 3.51. The van der Waals surface area contributed by atoms with Gasteiger partial charge in [-0.25, -0.2) is 0 Å². The van der Waals surface area contributed by atoms with Gasteiger partial charge in [-0.2, -0.15) is 0 Å². The van der Waals surface area contributed by atoms with Gasteiger partial charge in [0.05, 0.1) is 26.5 Å². The Labute approximate surface area is 188 Å². The Bertz CT molecular complexity index is 991. The molecule has 0 saturated carbocycles. The second-order valence-corrected chi connectivity index (χ2v) is 7.97. The molecule has 0 N–H and O–H groups in total. The van der Waals surface area contributed by atoms with Crippen LogP contribution in [0.3, 0.4) is 0 Å². The quantitative estimate of drug-likeness (QED) is 0.475. The van der Waals surface area contributed by atoms with Crippen molar-refractivity contribution in [2.45, 2.75) is 45.4 Å². The fourth-order valence-electron chi connectivity index (χ4n) is 3.94. The number of carbonyl (C=O) groups excluding carboxylic acids is 1. The van der Waals surface area contributed by atoms with Crippen LogP contribution in [0, 0.1) is 0 Å². The summed E-state index contributed by atoms with van der Waals surface area (Å²) in [4.78, 5) is 17.3. The smallest absolute Gasteiger partial charge is 0.264 e. The lowest BCUT2D eigenvalue weighted by Gasteiger charge is -2.26. The van der Waals surface area contributed by atoms with E-state index in [1.165, 1.54) is 19.3 Å². The molecule has 0 aliphatic carbocycles. The molecule has 3 aromatic rings. The number of hydrogen-bond donors (Lipinski definition) is 0. The van der Waals surface area contributed by atoms with Crippen molar-refractivity contribution in [2.24, 2.45) is 0 Å². The summed E-state index contributed by atoms with van der Waals surface area (Å²) in [7, 11) is 1.58. The van der Waals surface area contributed by atoms with Gasteiger partial charge in [0.1, 0.15) is 11.5 Å². The number of ether oxygens (including phenoxy) is 2. The zero-order valence-corrected chi connectivity index (χ0v) is 18.7. The van der Waals surface area contributed by atoms with Gasteiger partial charge in [0.25, 0.3) is 5.91 Å². The third-order valence-electron chi connectivity index (χ3n) is 5.62. The number of methoxy groups -OCH3 is 1. The zero-order valence-electron chi connectivity index (χ0n) is 18.7. The van der Waals surface area contributed by atoms with Crippen molar-refractivity contribution in [3.05, 3.63) is 66.3 Å². The molecule has 0 radical (unpaired) electrons. The maximum atomic E-state index is 13.4. The van der Waals surface area contributed by atoms with Gasteiger partial charge in [-0.1, -0.05) is 12.1 Å². The predicted molar refractivity (Wildman–Crippen MR) is 121 cm³/mol. The molecule has 170 valence electrons. The molecule has 1 atom stereocenters. The second-order valence-electron chi connectivity index (χ2n) is 7.97. The molecule has 1 saturated heterocycles. The molecule has 1 aliphatic rings. The van der Waals surface area contributed by atoms with Crippen LogP contribution in [0.1, 0.15) is 37.7 Å². The van der Waals surface area contributed by atoms with E-state index in [1.807, 2.05) is 36.4 Å². The van der Waals surface area contributed by atoms with Crippen molar-refractivity contribution in [2.75, 3.05) is 25.1 Å². The average molecular weight is 439 g/mol. The van der Waals surface area contributed by atoms with Crippen molar-refractivity contribution in [3.63, 3.8) is 0 Å². The van der Waals surface area contributed by atoms with Gasteiger partial charge in [-0.15, -0.1) is 0 Å². The number of rotatable bonds is 9. The number of furan rings is 2. The maximum absolute atomic E-state index is 13.4. The van der Waals surface area contributed by atoms with Crippen LogP contribution >= 0.6 is 0 Å². The van der Waals surface area contributed by atoms with E-state index in [1.54, 1.807) is 37.3 Å². The summed E-state index contributed by atoms with van der Waals surface area (Å²) in [5, 5.41) is 0. The van der Waals surface area contributed by atoms with Crippen LogP contribution < -0.4 is 14.4 Å². The molecule has 1 unspecified atom stereocenters. The zero-order chi connectivity index (χ0) is 22.3. The molecule has 1 amide bonds. The van der Waals surface area contributed by atoms with Crippen molar-refractivity contribution >= 4 is 11.8 Å². The van der Waals surface area contributed by atoms with E-state index in [9.17, 15) is 4.79 Å².